The Bertz CT molecular complexity index is 698. The highest BCUT2D eigenvalue weighted by atomic mass is 79.9. The van der Waals surface area contributed by atoms with Crippen LogP contribution in [0.5, 0.6) is 0 Å². The van der Waals surface area contributed by atoms with E-state index in [-0.39, 0.29) is 5.91 Å². The largest absolute Gasteiger partial charge is 0.321 e. The van der Waals surface area contributed by atoms with Crippen molar-refractivity contribution in [3.05, 3.63) is 44.3 Å². The molecule has 1 aliphatic carbocycles. The molecule has 1 fully saturated rings. The van der Waals surface area contributed by atoms with E-state index in [1.165, 1.54) is 11.3 Å². The number of aromatic nitrogens is 1. The van der Waals surface area contributed by atoms with Crippen molar-refractivity contribution >= 4 is 38.9 Å². The van der Waals surface area contributed by atoms with Gasteiger partial charge >= 0.3 is 0 Å². The molecule has 1 amide bonds. The van der Waals surface area contributed by atoms with E-state index >= 15 is 0 Å². The first-order chi connectivity index (χ1) is 9.67. The molecule has 0 saturated heterocycles. The molecule has 1 heterocycles. The predicted octanol–water partition coefficient (Wildman–Crippen LogP) is 3.91. The first kappa shape index (κ1) is 13.3. The summed E-state index contributed by atoms with van der Waals surface area (Å²) in [4.78, 5) is 17.6. The molecule has 100 valence electrons. The number of hydrogen-bond donors (Lipinski definition) is 1. The summed E-state index contributed by atoms with van der Waals surface area (Å²) in [5.41, 5.74) is 1.74. The molecule has 1 aromatic heterocycles. The summed E-state index contributed by atoms with van der Waals surface area (Å²) in [7, 11) is 0. The molecule has 0 unspecified atom stereocenters. The summed E-state index contributed by atoms with van der Waals surface area (Å²) < 4.78 is 0.740. The van der Waals surface area contributed by atoms with Gasteiger partial charge in [0.05, 0.1) is 11.6 Å². The highest BCUT2D eigenvalue weighted by Crippen LogP contribution is 2.45. The van der Waals surface area contributed by atoms with Gasteiger partial charge in [-0.3, -0.25) is 4.79 Å². The summed E-state index contributed by atoms with van der Waals surface area (Å²) in [5, 5.41) is 11.6. The van der Waals surface area contributed by atoms with E-state index in [0.717, 1.165) is 21.6 Å². The van der Waals surface area contributed by atoms with Gasteiger partial charge in [-0.2, -0.15) is 5.26 Å². The maximum absolute atomic E-state index is 12.3. The van der Waals surface area contributed by atoms with Crippen molar-refractivity contribution in [1.29, 1.82) is 5.26 Å². The van der Waals surface area contributed by atoms with Crippen molar-refractivity contribution in [3.8, 4) is 6.07 Å². The van der Waals surface area contributed by atoms with Crippen molar-refractivity contribution in [2.75, 3.05) is 5.32 Å². The number of anilines is 1. The zero-order valence-corrected chi connectivity index (χ0v) is 12.8. The fraction of sp³-hybridized carbons (Fsp3) is 0.214. The summed E-state index contributed by atoms with van der Waals surface area (Å²) in [6, 6.07) is 8.83. The van der Waals surface area contributed by atoms with Crippen molar-refractivity contribution < 1.29 is 4.79 Å². The molecule has 6 heteroatoms. The van der Waals surface area contributed by atoms with Gasteiger partial charge in [-0.15, -0.1) is 11.3 Å². The molecule has 1 aliphatic rings. The van der Waals surface area contributed by atoms with E-state index in [9.17, 15) is 4.79 Å². The van der Waals surface area contributed by atoms with E-state index < -0.39 is 0 Å². The minimum Gasteiger partial charge on any atom is -0.321 e. The molecular formula is C14H10BrN3OS. The van der Waals surface area contributed by atoms with E-state index in [4.69, 9.17) is 5.26 Å². The van der Waals surface area contributed by atoms with Crippen molar-refractivity contribution in [1.82, 2.24) is 4.98 Å². The molecule has 2 aromatic rings. The van der Waals surface area contributed by atoms with Gasteiger partial charge in [-0.1, -0.05) is 0 Å². The Balaban J connectivity index is 1.80. The molecule has 0 aliphatic heterocycles. The predicted molar refractivity (Wildman–Crippen MR) is 80.9 cm³/mol. The summed E-state index contributed by atoms with van der Waals surface area (Å²) in [6.45, 7) is 0. The second kappa shape index (κ2) is 5.35. The molecule has 0 atom stereocenters. The molecule has 0 spiro atoms. The third-order valence-electron chi connectivity index (χ3n) is 3.06. The average Bonchev–Trinajstić information content (AvgIpc) is 3.22. The first-order valence-electron chi connectivity index (χ1n) is 6.15. The van der Waals surface area contributed by atoms with E-state index in [1.807, 2.05) is 6.07 Å². The van der Waals surface area contributed by atoms with Crippen molar-refractivity contribution in [2.45, 2.75) is 18.8 Å². The topological polar surface area (TPSA) is 65.8 Å². The number of nitrogens with one attached hydrogen (secondary N) is 1. The van der Waals surface area contributed by atoms with Crippen LogP contribution in [0.2, 0.25) is 0 Å². The van der Waals surface area contributed by atoms with Crippen LogP contribution in [0.3, 0.4) is 0 Å². The van der Waals surface area contributed by atoms with E-state index in [0.29, 0.717) is 22.9 Å². The van der Waals surface area contributed by atoms with Crippen LogP contribution in [0.4, 0.5) is 5.69 Å². The average molecular weight is 348 g/mol. The lowest BCUT2D eigenvalue weighted by Gasteiger charge is -2.04. The van der Waals surface area contributed by atoms with Crippen LogP contribution in [-0.2, 0) is 0 Å². The Morgan fingerprint density at radius 2 is 2.10 bits per heavy atom. The maximum Gasteiger partial charge on any atom is 0.275 e. The number of rotatable bonds is 3. The molecule has 1 saturated carbocycles. The second-order valence-electron chi connectivity index (χ2n) is 4.60. The molecule has 3 rings (SSSR count). The van der Waals surface area contributed by atoms with Gasteiger partial charge in [0, 0.05) is 10.6 Å². The van der Waals surface area contributed by atoms with Crippen LogP contribution in [0.15, 0.2) is 28.2 Å². The molecule has 1 N–H and O–H groups in total. The molecule has 20 heavy (non-hydrogen) atoms. The standard InChI is InChI=1S/C14H10BrN3OS/c15-14-18-11(12(20-14)9-3-4-9)13(19)17-10-5-1-8(7-16)2-6-10/h1-2,5-6,9H,3-4H2,(H,17,19). The fourth-order valence-electron chi connectivity index (χ4n) is 1.91. The van der Waals surface area contributed by atoms with Crippen molar-refractivity contribution in [3.63, 3.8) is 0 Å². The van der Waals surface area contributed by atoms with Gasteiger partial charge in [-0.25, -0.2) is 4.98 Å². The number of hydrogen-bond acceptors (Lipinski definition) is 4. The Morgan fingerprint density at radius 1 is 1.40 bits per heavy atom. The zero-order valence-electron chi connectivity index (χ0n) is 10.4. The Hall–Kier alpha value is -1.71. The van der Waals surface area contributed by atoms with Crippen LogP contribution in [0.25, 0.3) is 0 Å². The third kappa shape index (κ3) is 2.74. The van der Waals surface area contributed by atoms with Gasteiger partial charge in [-0.05, 0) is 59.0 Å². The highest BCUT2D eigenvalue weighted by Gasteiger charge is 2.31. The zero-order chi connectivity index (χ0) is 14.1. The number of benzene rings is 1. The van der Waals surface area contributed by atoms with Crippen LogP contribution in [-0.4, -0.2) is 10.9 Å². The number of thiazole rings is 1. The van der Waals surface area contributed by atoms with Crippen LogP contribution in [0, 0.1) is 11.3 Å². The van der Waals surface area contributed by atoms with Gasteiger partial charge in [0.2, 0.25) is 0 Å². The lowest BCUT2D eigenvalue weighted by atomic mass is 10.2. The molecule has 1 aromatic carbocycles. The highest BCUT2D eigenvalue weighted by molar-refractivity contribution is 9.11. The summed E-state index contributed by atoms with van der Waals surface area (Å²) in [6.07, 6.45) is 2.26. The van der Waals surface area contributed by atoms with Gasteiger partial charge in [0.1, 0.15) is 5.69 Å². The monoisotopic (exact) mass is 347 g/mol. The summed E-state index contributed by atoms with van der Waals surface area (Å²) >= 11 is 4.87. The second-order valence-corrected chi connectivity index (χ2v) is 6.90. The fourth-order valence-corrected chi connectivity index (χ4v) is 3.56. The van der Waals surface area contributed by atoms with Gasteiger partial charge in [0.15, 0.2) is 3.92 Å². The smallest absolute Gasteiger partial charge is 0.275 e. The Labute approximate surface area is 128 Å². The van der Waals surface area contributed by atoms with Crippen molar-refractivity contribution in [2.24, 2.45) is 0 Å². The Kier molecular flexibility index (Phi) is 3.55. The van der Waals surface area contributed by atoms with Gasteiger partial charge in [0.25, 0.3) is 5.91 Å². The first-order valence-corrected chi connectivity index (χ1v) is 7.76. The Morgan fingerprint density at radius 3 is 2.70 bits per heavy atom. The van der Waals surface area contributed by atoms with Crippen LogP contribution in [0.1, 0.15) is 39.7 Å². The number of amides is 1. The molecule has 0 bridgehead atoms. The van der Waals surface area contributed by atoms with Crippen LogP contribution < -0.4 is 5.32 Å². The number of carbonyl (C=O) groups excluding carboxylic acids is 1. The minimum atomic E-state index is -0.196. The molecule has 0 radical (unpaired) electrons. The van der Waals surface area contributed by atoms with E-state index in [2.05, 4.69) is 26.2 Å². The molecular weight excluding hydrogens is 338 g/mol. The minimum absolute atomic E-state index is 0.196. The molecule has 4 nitrogen and oxygen atoms in total. The lowest BCUT2D eigenvalue weighted by Crippen LogP contribution is -2.14. The SMILES string of the molecule is N#Cc1ccc(NC(=O)c2nc(Br)sc2C2CC2)cc1. The lowest BCUT2D eigenvalue weighted by molar-refractivity contribution is 0.102. The quantitative estimate of drug-likeness (QED) is 0.915. The van der Waals surface area contributed by atoms with Crippen LogP contribution >= 0.6 is 27.3 Å². The number of nitrogens with zero attached hydrogens (tertiary/aromatic N) is 2. The van der Waals surface area contributed by atoms with Gasteiger partial charge < -0.3 is 5.32 Å². The number of carbonyl (C=O) groups is 1. The normalized spacial score (nSPS) is 13.8. The maximum atomic E-state index is 12.3. The number of halogens is 1. The summed E-state index contributed by atoms with van der Waals surface area (Å²) in [5.74, 6) is 0.291. The third-order valence-corrected chi connectivity index (χ3v) is 4.73. The van der Waals surface area contributed by atoms with E-state index in [1.54, 1.807) is 24.3 Å². The number of nitriles is 1.